The van der Waals surface area contributed by atoms with Crippen molar-refractivity contribution in [2.45, 2.75) is 31.8 Å². The zero-order valence-electron chi connectivity index (χ0n) is 18.1. The molecule has 2 amide bonds. The minimum Gasteiger partial charge on any atom is -0.465 e. The first-order valence-corrected chi connectivity index (χ1v) is 10.6. The van der Waals surface area contributed by atoms with E-state index in [1.54, 1.807) is 0 Å². The third-order valence-corrected chi connectivity index (χ3v) is 6.31. The molecule has 0 bridgehead atoms. The SMILES string of the molecule is CC1(CC2[C@H](n3cc(C(N)=O)c(Nc4ccc(F)cc4)n3)[C@@H](C#N)CCN2C(=O)O)COC1. The van der Waals surface area contributed by atoms with Gasteiger partial charge in [-0.25, -0.2) is 9.18 Å². The van der Waals surface area contributed by atoms with Crippen LogP contribution in [0.3, 0.4) is 0 Å². The smallest absolute Gasteiger partial charge is 0.407 e. The lowest BCUT2D eigenvalue weighted by atomic mass is 9.75. The Hall–Kier alpha value is -3.65. The predicted molar refractivity (Wildman–Crippen MR) is 115 cm³/mol. The standard InChI is InChI=1S/C22H25FN6O4/c1-22(11-33-12-22)8-17-18(13(9-24)6-7-28(17)21(31)32)29-10-16(19(25)30)20(27-29)26-15-4-2-14(23)3-5-15/h2-5,10,13,17-18H,6-8,11-12H2,1H3,(H2,25,30)(H,26,27)(H,31,32)/t13-,17?,18-/m1/s1. The lowest BCUT2D eigenvalue weighted by Gasteiger charge is -2.48. The van der Waals surface area contributed by atoms with Gasteiger partial charge in [0.1, 0.15) is 11.4 Å². The molecule has 0 aliphatic carbocycles. The maximum atomic E-state index is 13.3. The van der Waals surface area contributed by atoms with Crippen molar-refractivity contribution >= 4 is 23.5 Å². The fourth-order valence-electron chi connectivity index (χ4n) is 4.60. The number of amides is 2. The molecule has 10 nitrogen and oxygen atoms in total. The molecular formula is C22H25FN6O4. The zero-order valence-corrected chi connectivity index (χ0v) is 18.1. The largest absolute Gasteiger partial charge is 0.465 e. The van der Waals surface area contributed by atoms with Crippen LogP contribution in [-0.4, -0.2) is 57.6 Å². The number of anilines is 2. The number of piperidine rings is 1. The van der Waals surface area contributed by atoms with Crippen LogP contribution in [0.1, 0.15) is 36.2 Å². The maximum Gasteiger partial charge on any atom is 0.407 e. The number of carbonyl (C=O) groups excluding carboxylic acids is 1. The Kier molecular flexibility index (Phi) is 5.95. The number of aromatic nitrogens is 2. The van der Waals surface area contributed by atoms with E-state index in [4.69, 9.17) is 10.5 Å². The van der Waals surface area contributed by atoms with E-state index in [0.29, 0.717) is 31.7 Å². The van der Waals surface area contributed by atoms with Crippen molar-refractivity contribution in [2.75, 3.05) is 25.1 Å². The summed E-state index contributed by atoms with van der Waals surface area (Å²) >= 11 is 0. The molecule has 2 aromatic rings. The molecule has 3 atom stereocenters. The molecule has 0 spiro atoms. The van der Waals surface area contributed by atoms with E-state index in [2.05, 4.69) is 16.5 Å². The number of nitrogens with two attached hydrogens (primary N) is 1. The number of primary amides is 1. The molecule has 0 radical (unpaired) electrons. The summed E-state index contributed by atoms with van der Waals surface area (Å²) in [6.45, 7) is 3.26. The summed E-state index contributed by atoms with van der Waals surface area (Å²) in [5, 5.41) is 27.2. The van der Waals surface area contributed by atoms with Gasteiger partial charge in [0.25, 0.3) is 5.91 Å². The average Bonchev–Trinajstić information content (AvgIpc) is 3.17. The highest BCUT2D eigenvalue weighted by molar-refractivity contribution is 5.98. The van der Waals surface area contributed by atoms with E-state index in [9.17, 15) is 24.3 Å². The summed E-state index contributed by atoms with van der Waals surface area (Å²) in [7, 11) is 0. The average molecular weight is 456 g/mol. The molecular weight excluding hydrogens is 431 g/mol. The Bertz CT molecular complexity index is 1090. The Balaban J connectivity index is 1.73. The first kappa shape index (κ1) is 22.5. The molecule has 1 unspecified atom stereocenters. The number of benzene rings is 1. The van der Waals surface area contributed by atoms with Crippen molar-refractivity contribution in [3.8, 4) is 6.07 Å². The third-order valence-electron chi connectivity index (χ3n) is 6.31. The second-order valence-electron chi connectivity index (χ2n) is 8.93. The van der Waals surface area contributed by atoms with Gasteiger partial charge in [-0.3, -0.25) is 9.48 Å². The zero-order chi connectivity index (χ0) is 23.8. The van der Waals surface area contributed by atoms with Gasteiger partial charge < -0.3 is 25.8 Å². The van der Waals surface area contributed by atoms with E-state index in [0.717, 1.165) is 0 Å². The van der Waals surface area contributed by atoms with Gasteiger partial charge in [-0.1, -0.05) is 6.92 Å². The number of ether oxygens (including phenoxy) is 1. The topological polar surface area (TPSA) is 146 Å². The first-order chi connectivity index (χ1) is 15.7. The van der Waals surface area contributed by atoms with Crippen LogP contribution in [0, 0.1) is 28.5 Å². The highest BCUT2D eigenvalue weighted by atomic mass is 19.1. The van der Waals surface area contributed by atoms with Crippen molar-refractivity contribution < 1.29 is 23.8 Å². The number of nitriles is 1. The van der Waals surface area contributed by atoms with Crippen molar-refractivity contribution in [2.24, 2.45) is 17.1 Å². The highest BCUT2D eigenvalue weighted by Crippen LogP contribution is 2.42. The van der Waals surface area contributed by atoms with E-state index in [1.807, 2.05) is 6.92 Å². The maximum absolute atomic E-state index is 13.3. The minimum atomic E-state index is -1.07. The Morgan fingerprint density at radius 3 is 2.64 bits per heavy atom. The number of nitrogens with zero attached hydrogens (tertiary/aromatic N) is 4. The fourth-order valence-corrected chi connectivity index (χ4v) is 4.60. The van der Waals surface area contributed by atoms with Crippen LogP contribution < -0.4 is 11.1 Å². The van der Waals surface area contributed by atoms with Crippen LogP contribution >= 0.6 is 0 Å². The van der Waals surface area contributed by atoms with Gasteiger partial charge in [-0.2, -0.15) is 10.4 Å². The first-order valence-electron chi connectivity index (χ1n) is 10.6. The van der Waals surface area contributed by atoms with E-state index in [-0.39, 0.29) is 23.3 Å². The Morgan fingerprint density at radius 1 is 1.39 bits per heavy atom. The number of halogens is 1. The number of hydrogen-bond acceptors (Lipinski definition) is 6. The Labute approximate surface area is 189 Å². The summed E-state index contributed by atoms with van der Waals surface area (Å²) < 4.78 is 20.1. The van der Waals surface area contributed by atoms with E-state index < -0.39 is 35.8 Å². The van der Waals surface area contributed by atoms with Crippen LogP contribution in [-0.2, 0) is 4.74 Å². The minimum absolute atomic E-state index is 0.0837. The molecule has 11 heteroatoms. The van der Waals surface area contributed by atoms with Crippen LogP contribution in [0.5, 0.6) is 0 Å². The van der Waals surface area contributed by atoms with Gasteiger partial charge in [0.15, 0.2) is 5.82 Å². The van der Waals surface area contributed by atoms with Gasteiger partial charge in [0.2, 0.25) is 0 Å². The molecule has 2 fully saturated rings. The third kappa shape index (κ3) is 4.47. The number of rotatable bonds is 6. The summed E-state index contributed by atoms with van der Waals surface area (Å²) in [4.78, 5) is 25.5. The lowest BCUT2D eigenvalue weighted by molar-refractivity contribution is -0.121. The molecule has 2 saturated heterocycles. The number of carbonyl (C=O) groups is 2. The van der Waals surface area contributed by atoms with Crippen LogP contribution in [0.25, 0.3) is 0 Å². The summed E-state index contributed by atoms with van der Waals surface area (Å²) in [6.07, 6.45) is 1.19. The second-order valence-corrected chi connectivity index (χ2v) is 8.93. The number of hydrogen-bond donors (Lipinski definition) is 3. The second kappa shape index (κ2) is 8.71. The van der Waals surface area contributed by atoms with Gasteiger partial charge in [0.05, 0.1) is 37.3 Å². The van der Waals surface area contributed by atoms with Crippen molar-refractivity contribution in [1.29, 1.82) is 5.26 Å². The fraction of sp³-hybridized carbons (Fsp3) is 0.455. The van der Waals surface area contributed by atoms with Gasteiger partial charge in [-0.15, -0.1) is 0 Å². The summed E-state index contributed by atoms with van der Waals surface area (Å²) in [5.74, 6) is -1.52. The number of nitrogens with one attached hydrogen (secondary N) is 1. The molecule has 3 heterocycles. The number of likely N-dealkylation sites (tertiary alicyclic amines) is 1. The molecule has 4 rings (SSSR count). The van der Waals surface area contributed by atoms with Gasteiger partial charge in [0, 0.05) is 23.8 Å². The van der Waals surface area contributed by atoms with Crippen molar-refractivity contribution in [3.63, 3.8) is 0 Å². The van der Waals surface area contributed by atoms with Crippen molar-refractivity contribution in [3.05, 3.63) is 41.8 Å². The lowest BCUT2D eigenvalue weighted by Crippen LogP contribution is -2.55. The Morgan fingerprint density at radius 2 is 2.09 bits per heavy atom. The predicted octanol–water partition coefficient (Wildman–Crippen LogP) is 2.72. The van der Waals surface area contributed by atoms with Gasteiger partial charge >= 0.3 is 6.09 Å². The summed E-state index contributed by atoms with van der Waals surface area (Å²) in [5.41, 5.74) is 5.92. The molecule has 4 N–H and O–H groups in total. The van der Waals surface area contributed by atoms with Crippen LogP contribution in [0.4, 0.5) is 20.7 Å². The molecule has 2 aliphatic rings. The highest BCUT2D eigenvalue weighted by Gasteiger charge is 2.47. The quantitative estimate of drug-likeness (QED) is 0.605. The molecule has 0 saturated carbocycles. The summed E-state index contributed by atoms with van der Waals surface area (Å²) in [6, 6.07) is 6.62. The monoisotopic (exact) mass is 456 g/mol. The van der Waals surface area contributed by atoms with E-state index in [1.165, 1.54) is 40.0 Å². The van der Waals surface area contributed by atoms with Crippen LogP contribution in [0.15, 0.2) is 30.5 Å². The molecule has 174 valence electrons. The van der Waals surface area contributed by atoms with Gasteiger partial charge in [-0.05, 0) is 37.1 Å². The molecule has 33 heavy (non-hydrogen) atoms. The molecule has 1 aromatic carbocycles. The molecule has 2 aliphatic heterocycles. The van der Waals surface area contributed by atoms with Crippen molar-refractivity contribution in [1.82, 2.24) is 14.7 Å². The molecule has 1 aromatic heterocycles. The van der Waals surface area contributed by atoms with E-state index >= 15 is 0 Å². The number of carboxylic acid groups (broad SMARTS) is 1. The normalized spacial score (nSPS) is 23.9. The van der Waals surface area contributed by atoms with Crippen LogP contribution in [0.2, 0.25) is 0 Å².